The quantitative estimate of drug-likeness (QED) is 0.520. The molecule has 0 fully saturated rings. The standard InChI is InChI=1S/C20H19ClFN3O5S/c1-11-18(23-20(26)29-12(2)14-6-4-5-7-16(14)21)19(30-24-11)15-9-8-13(10-17(15)22)25-31(3,27)28/h4-10,12,25H,1-3H3,(H,23,26). The predicted octanol–water partition coefficient (Wildman–Crippen LogP) is 5.12. The van der Waals surface area contributed by atoms with Gasteiger partial charge in [0.2, 0.25) is 10.0 Å². The van der Waals surface area contributed by atoms with Crippen molar-refractivity contribution in [3.63, 3.8) is 0 Å². The van der Waals surface area contributed by atoms with Crippen LogP contribution in [0, 0.1) is 12.7 Å². The van der Waals surface area contributed by atoms with E-state index in [-0.39, 0.29) is 22.7 Å². The van der Waals surface area contributed by atoms with Gasteiger partial charge in [-0.3, -0.25) is 10.0 Å². The molecule has 0 spiro atoms. The summed E-state index contributed by atoms with van der Waals surface area (Å²) in [5.74, 6) is -0.811. The highest BCUT2D eigenvalue weighted by atomic mass is 35.5. The number of nitrogens with one attached hydrogen (secondary N) is 2. The van der Waals surface area contributed by atoms with Crippen molar-refractivity contribution in [1.82, 2.24) is 5.16 Å². The maximum Gasteiger partial charge on any atom is 0.412 e. The fourth-order valence-corrected chi connectivity index (χ4v) is 3.68. The van der Waals surface area contributed by atoms with Gasteiger partial charge in [-0.15, -0.1) is 0 Å². The van der Waals surface area contributed by atoms with Gasteiger partial charge in [0.25, 0.3) is 0 Å². The number of anilines is 2. The highest BCUT2D eigenvalue weighted by Crippen LogP contribution is 2.34. The zero-order valence-corrected chi connectivity index (χ0v) is 18.3. The van der Waals surface area contributed by atoms with E-state index in [0.29, 0.717) is 16.3 Å². The molecule has 2 aromatic carbocycles. The number of nitrogens with zero attached hydrogens (tertiary/aromatic N) is 1. The summed E-state index contributed by atoms with van der Waals surface area (Å²) >= 11 is 6.12. The molecule has 1 heterocycles. The molecular weight excluding hydrogens is 449 g/mol. The second kappa shape index (κ2) is 8.94. The van der Waals surface area contributed by atoms with E-state index in [1.807, 2.05) is 0 Å². The monoisotopic (exact) mass is 467 g/mol. The lowest BCUT2D eigenvalue weighted by Crippen LogP contribution is -2.17. The summed E-state index contributed by atoms with van der Waals surface area (Å²) in [5, 5.41) is 6.75. The summed E-state index contributed by atoms with van der Waals surface area (Å²) < 4.78 is 50.0. The number of ether oxygens (including phenoxy) is 1. The van der Waals surface area contributed by atoms with Crippen molar-refractivity contribution < 1.29 is 26.9 Å². The smallest absolute Gasteiger partial charge is 0.412 e. The Morgan fingerprint density at radius 3 is 2.61 bits per heavy atom. The molecule has 0 bridgehead atoms. The Hall–Kier alpha value is -3.11. The Balaban J connectivity index is 1.81. The van der Waals surface area contributed by atoms with Crippen molar-refractivity contribution in [2.45, 2.75) is 20.0 Å². The minimum atomic E-state index is -3.56. The number of hydrogen-bond acceptors (Lipinski definition) is 6. The summed E-state index contributed by atoms with van der Waals surface area (Å²) in [6.45, 7) is 3.23. The molecule has 1 amide bonds. The Labute approximate surface area is 183 Å². The van der Waals surface area contributed by atoms with Crippen LogP contribution >= 0.6 is 11.6 Å². The molecule has 11 heteroatoms. The molecule has 31 heavy (non-hydrogen) atoms. The molecule has 3 rings (SSSR count). The van der Waals surface area contributed by atoms with Crippen molar-refractivity contribution in [2.24, 2.45) is 0 Å². The number of halogens is 2. The molecule has 0 aliphatic rings. The number of aromatic nitrogens is 1. The van der Waals surface area contributed by atoms with Crippen molar-refractivity contribution in [2.75, 3.05) is 16.3 Å². The summed E-state index contributed by atoms with van der Waals surface area (Å²) in [6, 6.07) is 10.6. The second-order valence-corrected chi connectivity index (χ2v) is 8.89. The summed E-state index contributed by atoms with van der Waals surface area (Å²) in [7, 11) is -3.56. The number of amides is 1. The normalized spacial score (nSPS) is 12.3. The van der Waals surface area contributed by atoms with Crippen LogP contribution in [0.3, 0.4) is 0 Å². The maximum atomic E-state index is 14.6. The molecule has 164 valence electrons. The third-order valence-corrected chi connectivity index (χ3v) is 5.18. The molecule has 1 unspecified atom stereocenters. The Bertz CT molecular complexity index is 1230. The summed E-state index contributed by atoms with van der Waals surface area (Å²) in [4.78, 5) is 12.4. The van der Waals surface area contributed by atoms with Crippen LogP contribution in [0.2, 0.25) is 5.02 Å². The van der Waals surface area contributed by atoms with Crippen LogP contribution in [0.5, 0.6) is 0 Å². The SMILES string of the molecule is Cc1noc(-c2ccc(NS(C)(=O)=O)cc2F)c1NC(=O)OC(C)c1ccccc1Cl. The second-order valence-electron chi connectivity index (χ2n) is 6.74. The zero-order valence-electron chi connectivity index (χ0n) is 16.8. The van der Waals surface area contributed by atoms with E-state index in [1.165, 1.54) is 12.1 Å². The fraction of sp³-hybridized carbons (Fsp3) is 0.200. The van der Waals surface area contributed by atoms with E-state index in [0.717, 1.165) is 12.3 Å². The van der Waals surface area contributed by atoms with Crippen LogP contribution in [0.1, 0.15) is 24.3 Å². The highest BCUT2D eigenvalue weighted by molar-refractivity contribution is 7.92. The van der Waals surface area contributed by atoms with Gasteiger partial charge in [0, 0.05) is 10.6 Å². The van der Waals surface area contributed by atoms with E-state index in [2.05, 4.69) is 15.2 Å². The average Bonchev–Trinajstić information content (AvgIpc) is 3.01. The van der Waals surface area contributed by atoms with Gasteiger partial charge in [0.15, 0.2) is 5.76 Å². The minimum absolute atomic E-state index is 0.0193. The first-order chi connectivity index (χ1) is 14.5. The van der Waals surface area contributed by atoms with Gasteiger partial charge in [-0.1, -0.05) is 35.0 Å². The lowest BCUT2D eigenvalue weighted by atomic mass is 10.1. The molecular formula is C20H19ClFN3O5S. The van der Waals surface area contributed by atoms with Gasteiger partial charge in [-0.05, 0) is 38.1 Å². The topological polar surface area (TPSA) is 111 Å². The number of sulfonamides is 1. The molecule has 1 aromatic heterocycles. The number of carbonyl (C=O) groups excluding carboxylic acids is 1. The zero-order chi connectivity index (χ0) is 22.8. The molecule has 2 N–H and O–H groups in total. The fourth-order valence-electron chi connectivity index (χ4n) is 2.84. The molecule has 3 aromatic rings. The third-order valence-electron chi connectivity index (χ3n) is 4.23. The molecule has 1 atom stereocenters. The van der Waals surface area contributed by atoms with Crippen molar-refractivity contribution in [1.29, 1.82) is 0 Å². The first-order valence-electron chi connectivity index (χ1n) is 9.01. The van der Waals surface area contributed by atoms with E-state index < -0.39 is 28.0 Å². The Kier molecular flexibility index (Phi) is 6.51. The first-order valence-corrected chi connectivity index (χ1v) is 11.3. The van der Waals surface area contributed by atoms with Crippen molar-refractivity contribution in [3.05, 3.63) is 64.6 Å². The van der Waals surface area contributed by atoms with Crippen LogP contribution in [0.4, 0.5) is 20.6 Å². The van der Waals surface area contributed by atoms with Gasteiger partial charge in [-0.25, -0.2) is 17.6 Å². The van der Waals surface area contributed by atoms with E-state index in [9.17, 15) is 17.6 Å². The van der Waals surface area contributed by atoms with E-state index in [1.54, 1.807) is 38.1 Å². The summed E-state index contributed by atoms with van der Waals surface area (Å²) in [6.07, 6.45) is -0.498. The molecule has 0 radical (unpaired) electrons. The third kappa shape index (κ3) is 5.53. The van der Waals surface area contributed by atoms with Gasteiger partial charge in [0.05, 0.1) is 17.5 Å². The number of aryl methyl sites for hydroxylation is 1. The molecule has 8 nitrogen and oxygen atoms in total. The number of carbonyl (C=O) groups is 1. The van der Waals surface area contributed by atoms with Crippen molar-refractivity contribution in [3.8, 4) is 11.3 Å². The van der Waals surface area contributed by atoms with Gasteiger partial charge in [0.1, 0.15) is 23.3 Å². The van der Waals surface area contributed by atoms with Crippen LogP contribution in [-0.2, 0) is 14.8 Å². The van der Waals surface area contributed by atoms with Crippen LogP contribution < -0.4 is 10.0 Å². The Morgan fingerprint density at radius 2 is 1.97 bits per heavy atom. The molecule has 0 saturated heterocycles. The first kappa shape index (κ1) is 22.6. The highest BCUT2D eigenvalue weighted by Gasteiger charge is 2.22. The van der Waals surface area contributed by atoms with Crippen LogP contribution in [0.15, 0.2) is 47.0 Å². The largest absolute Gasteiger partial charge is 0.441 e. The van der Waals surface area contributed by atoms with Gasteiger partial charge in [-0.2, -0.15) is 0 Å². The van der Waals surface area contributed by atoms with Gasteiger partial charge >= 0.3 is 6.09 Å². The Morgan fingerprint density at radius 1 is 1.26 bits per heavy atom. The molecule has 0 aliphatic heterocycles. The number of rotatable bonds is 6. The lowest BCUT2D eigenvalue weighted by molar-refractivity contribution is 0.121. The maximum absolute atomic E-state index is 14.6. The number of hydrogen-bond donors (Lipinski definition) is 2. The minimum Gasteiger partial charge on any atom is -0.441 e. The van der Waals surface area contributed by atoms with Crippen LogP contribution in [0.25, 0.3) is 11.3 Å². The van der Waals surface area contributed by atoms with Gasteiger partial charge < -0.3 is 9.26 Å². The predicted molar refractivity (Wildman–Crippen MR) is 115 cm³/mol. The average molecular weight is 468 g/mol. The molecule has 0 saturated carbocycles. The summed E-state index contributed by atoms with van der Waals surface area (Å²) in [5.41, 5.74) is 1.08. The van der Waals surface area contributed by atoms with Crippen molar-refractivity contribution >= 4 is 39.1 Å². The lowest BCUT2D eigenvalue weighted by Gasteiger charge is -2.15. The van der Waals surface area contributed by atoms with E-state index >= 15 is 0 Å². The van der Waals surface area contributed by atoms with Crippen LogP contribution in [-0.4, -0.2) is 25.9 Å². The number of benzene rings is 2. The van der Waals surface area contributed by atoms with E-state index in [4.69, 9.17) is 20.9 Å². The molecule has 0 aliphatic carbocycles.